The van der Waals surface area contributed by atoms with Crippen LogP contribution in [0.15, 0.2) is 34.9 Å². The van der Waals surface area contributed by atoms with Gasteiger partial charge in [0, 0.05) is 0 Å². The molecule has 1 N–H and O–H groups in total. The molecule has 0 saturated heterocycles. The van der Waals surface area contributed by atoms with Crippen LogP contribution < -0.4 is 0 Å². The van der Waals surface area contributed by atoms with E-state index in [4.69, 9.17) is 5.11 Å². The van der Waals surface area contributed by atoms with E-state index in [2.05, 4.69) is 32.9 Å². The van der Waals surface area contributed by atoms with E-state index in [0.717, 1.165) is 31.3 Å². The zero-order chi connectivity index (χ0) is 14.0. The number of allylic oxidation sites excluding steroid dienone is 5. The molecular weight excluding hydrogens is 224 g/mol. The molecule has 0 aliphatic rings. The number of carboxylic acids is 1. The monoisotopic (exact) mass is 250 g/mol. The van der Waals surface area contributed by atoms with Crippen molar-refractivity contribution in [2.24, 2.45) is 0 Å². The Hall–Kier alpha value is -1.31. The third-order valence-electron chi connectivity index (χ3n) is 2.75. The zero-order valence-corrected chi connectivity index (χ0v) is 12.1. The van der Waals surface area contributed by atoms with Gasteiger partial charge in [0.25, 0.3) is 0 Å². The van der Waals surface area contributed by atoms with E-state index < -0.39 is 5.97 Å². The molecule has 0 radical (unpaired) electrons. The zero-order valence-electron chi connectivity index (χ0n) is 12.1. The van der Waals surface area contributed by atoms with E-state index in [1.54, 1.807) is 6.08 Å². The SMILES string of the molecule is CC(C)=CCC/C(C)=C/CCC(C)=CCC(=O)O. The van der Waals surface area contributed by atoms with Crippen LogP contribution in [0.1, 0.15) is 59.8 Å². The summed E-state index contributed by atoms with van der Waals surface area (Å²) >= 11 is 0. The van der Waals surface area contributed by atoms with Gasteiger partial charge >= 0.3 is 5.97 Å². The summed E-state index contributed by atoms with van der Waals surface area (Å²) in [6, 6.07) is 0. The molecule has 0 amide bonds. The molecule has 0 aromatic heterocycles. The lowest BCUT2D eigenvalue weighted by Gasteiger charge is -2.01. The number of hydrogen-bond donors (Lipinski definition) is 1. The molecular formula is C16H26O2. The fourth-order valence-corrected chi connectivity index (χ4v) is 1.60. The van der Waals surface area contributed by atoms with E-state index in [0.29, 0.717) is 0 Å². The Bertz CT molecular complexity index is 342. The van der Waals surface area contributed by atoms with Gasteiger partial charge in [0.2, 0.25) is 0 Å². The smallest absolute Gasteiger partial charge is 0.307 e. The van der Waals surface area contributed by atoms with Crippen LogP contribution in [-0.4, -0.2) is 11.1 Å². The van der Waals surface area contributed by atoms with Crippen LogP contribution in [0.5, 0.6) is 0 Å². The van der Waals surface area contributed by atoms with Gasteiger partial charge in [0.1, 0.15) is 0 Å². The second kappa shape index (κ2) is 9.69. The van der Waals surface area contributed by atoms with Crippen molar-refractivity contribution in [3.05, 3.63) is 34.9 Å². The van der Waals surface area contributed by atoms with E-state index in [-0.39, 0.29) is 6.42 Å². The minimum Gasteiger partial charge on any atom is -0.481 e. The molecule has 102 valence electrons. The molecule has 0 fully saturated rings. The minimum atomic E-state index is -0.761. The Kier molecular flexibility index (Phi) is 8.99. The molecule has 0 bridgehead atoms. The third kappa shape index (κ3) is 11.2. The van der Waals surface area contributed by atoms with Crippen molar-refractivity contribution in [1.29, 1.82) is 0 Å². The average Bonchev–Trinajstić information content (AvgIpc) is 2.25. The number of aliphatic carboxylic acids is 1. The van der Waals surface area contributed by atoms with Gasteiger partial charge in [-0.15, -0.1) is 0 Å². The highest BCUT2D eigenvalue weighted by molar-refractivity contribution is 5.68. The van der Waals surface area contributed by atoms with Crippen LogP contribution in [0.2, 0.25) is 0 Å². The highest BCUT2D eigenvalue weighted by Gasteiger charge is 1.94. The van der Waals surface area contributed by atoms with Crippen molar-refractivity contribution in [2.45, 2.75) is 59.8 Å². The van der Waals surface area contributed by atoms with Crippen LogP contribution >= 0.6 is 0 Å². The van der Waals surface area contributed by atoms with Crippen molar-refractivity contribution in [2.75, 3.05) is 0 Å². The minimum absolute atomic E-state index is 0.134. The number of carboxylic acid groups (broad SMARTS) is 1. The first-order valence-electron chi connectivity index (χ1n) is 6.58. The van der Waals surface area contributed by atoms with Crippen molar-refractivity contribution >= 4 is 5.97 Å². The molecule has 0 spiro atoms. The quantitative estimate of drug-likeness (QED) is 0.623. The lowest BCUT2D eigenvalue weighted by molar-refractivity contribution is -0.136. The first kappa shape index (κ1) is 16.7. The first-order valence-corrected chi connectivity index (χ1v) is 6.58. The fourth-order valence-electron chi connectivity index (χ4n) is 1.60. The summed E-state index contributed by atoms with van der Waals surface area (Å²) in [6.45, 7) is 8.40. The average molecular weight is 250 g/mol. The third-order valence-corrected chi connectivity index (χ3v) is 2.75. The van der Waals surface area contributed by atoms with Crippen LogP contribution in [0.25, 0.3) is 0 Å². The molecule has 0 aromatic rings. The molecule has 2 nitrogen and oxygen atoms in total. The normalized spacial score (nSPS) is 12.4. The van der Waals surface area contributed by atoms with E-state index in [1.165, 1.54) is 11.1 Å². The molecule has 0 rings (SSSR count). The van der Waals surface area contributed by atoms with Gasteiger partial charge in [-0.2, -0.15) is 0 Å². The summed E-state index contributed by atoms with van der Waals surface area (Å²) in [7, 11) is 0. The van der Waals surface area contributed by atoms with Crippen LogP contribution in [0.3, 0.4) is 0 Å². The molecule has 0 saturated carbocycles. The number of hydrogen-bond acceptors (Lipinski definition) is 1. The standard InChI is InChI=1S/C16H26O2/c1-13(2)7-5-8-14(3)9-6-10-15(4)11-12-16(17)18/h7,9,11H,5-6,8,10,12H2,1-4H3,(H,17,18)/b14-9+,15-11?. The highest BCUT2D eigenvalue weighted by atomic mass is 16.4. The van der Waals surface area contributed by atoms with Gasteiger partial charge in [-0.05, 0) is 53.4 Å². The Morgan fingerprint density at radius 1 is 0.889 bits per heavy atom. The van der Waals surface area contributed by atoms with Gasteiger partial charge in [-0.1, -0.05) is 34.9 Å². The molecule has 0 unspecified atom stereocenters. The van der Waals surface area contributed by atoms with Crippen molar-refractivity contribution in [3.8, 4) is 0 Å². The predicted molar refractivity (Wildman–Crippen MR) is 77.7 cm³/mol. The molecule has 0 aromatic carbocycles. The summed E-state index contributed by atoms with van der Waals surface area (Å²) in [5.74, 6) is -0.761. The van der Waals surface area contributed by atoms with Gasteiger partial charge in [0.15, 0.2) is 0 Å². The molecule has 0 aliphatic heterocycles. The Balaban J connectivity index is 3.89. The second-order valence-corrected chi connectivity index (χ2v) is 5.06. The van der Waals surface area contributed by atoms with E-state index >= 15 is 0 Å². The topological polar surface area (TPSA) is 37.3 Å². The molecule has 0 aliphatic carbocycles. The Labute approximate surface area is 111 Å². The summed E-state index contributed by atoms with van der Waals surface area (Å²) in [5.41, 5.74) is 3.94. The maximum atomic E-state index is 10.4. The van der Waals surface area contributed by atoms with Crippen molar-refractivity contribution in [3.63, 3.8) is 0 Å². The summed E-state index contributed by atoms with van der Waals surface area (Å²) < 4.78 is 0. The van der Waals surface area contributed by atoms with Gasteiger partial charge in [-0.25, -0.2) is 0 Å². The summed E-state index contributed by atoms with van der Waals surface area (Å²) in [6.07, 6.45) is 10.6. The first-order chi connectivity index (χ1) is 8.41. The maximum Gasteiger partial charge on any atom is 0.307 e. The lowest BCUT2D eigenvalue weighted by Crippen LogP contribution is -1.91. The van der Waals surface area contributed by atoms with Gasteiger partial charge < -0.3 is 5.11 Å². The fraction of sp³-hybridized carbons (Fsp3) is 0.562. The number of rotatable bonds is 8. The molecule has 0 atom stereocenters. The summed E-state index contributed by atoms with van der Waals surface area (Å²) in [4.78, 5) is 10.4. The van der Waals surface area contributed by atoms with Crippen LogP contribution in [-0.2, 0) is 4.79 Å². The van der Waals surface area contributed by atoms with Gasteiger partial charge in [0.05, 0.1) is 6.42 Å². The lowest BCUT2D eigenvalue weighted by atomic mass is 10.1. The van der Waals surface area contributed by atoms with E-state index in [9.17, 15) is 4.79 Å². The number of carbonyl (C=O) groups is 1. The Morgan fingerprint density at radius 2 is 1.39 bits per heavy atom. The van der Waals surface area contributed by atoms with Crippen LogP contribution in [0.4, 0.5) is 0 Å². The van der Waals surface area contributed by atoms with Crippen molar-refractivity contribution < 1.29 is 9.90 Å². The predicted octanol–water partition coefficient (Wildman–Crippen LogP) is 4.88. The largest absolute Gasteiger partial charge is 0.481 e. The maximum absolute atomic E-state index is 10.4. The van der Waals surface area contributed by atoms with Gasteiger partial charge in [-0.3, -0.25) is 4.79 Å². The highest BCUT2D eigenvalue weighted by Crippen LogP contribution is 2.11. The molecule has 2 heteroatoms. The van der Waals surface area contributed by atoms with Crippen molar-refractivity contribution in [1.82, 2.24) is 0 Å². The Morgan fingerprint density at radius 3 is 1.89 bits per heavy atom. The van der Waals surface area contributed by atoms with Crippen LogP contribution in [0, 0.1) is 0 Å². The molecule has 0 heterocycles. The summed E-state index contributed by atoms with van der Waals surface area (Å²) in [5, 5.41) is 8.56. The van der Waals surface area contributed by atoms with E-state index in [1.807, 2.05) is 6.92 Å². The second-order valence-electron chi connectivity index (χ2n) is 5.06. The molecule has 18 heavy (non-hydrogen) atoms.